The van der Waals surface area contributed by atoms with Crippen LogP contribution in [-0.2, 0) is 4.74 Å². The van der Waals surface area contributed by atoms with Gasteiger partial charge >= 0.3 is 5.97 Å². The molecule has 2 amide bonds. The number of aryl methyl sites for hydroxylation is 1. The molecule has 0 spiro atoms. The summed E-state index contributed by atoms with van der Waals surface area (Å²) in [7, 11) is 1.32. The van der Waals surface area contributed by atoms with Crippen molar-refractivity contribution in [3.8, 4) is 0 Å². The van der Waals surface area contributed by atoms with Crippen LogP contribution < -0.4 is 15.5 Å². The molecule has 2 aromatic heterocycles. The minimum atomic E-state index is -0.469. The number of hydrogen-bond acceptors (Lipinski definition) is 7. The zero-order chi connectivity index (χ0) is 22.7. The third-order valence-corrected chi connectivity index (χ3v) is 6.37. The van der Waals surface area contributed by atoms with Crippen molar-refractivity contribution in [2.75, 3.05) is 35.7 Å². The normalized spacial score (nSPS) is 13.1. The summed E-state index contributed by atoms with van der Waals surface area (Å²) in [6.45, 7) is 3.59. The fraction of sp³-hybridized carbons (Fsp3) is 0.261. The number of ether oxygens (including phenoxy) is 1. The highest BCUT2D eigenvalue weighted by Gasteiger charge is 2.22. The Kier molecular flexibility index (Phi) is 6.27. The molecule has 0 bridgehead atoms. The maximum absolute atomic E-state index is 13.1. The second kappa shape index (κ2) is 9.27. The van der Waals surface area contributed by atoms with Gasteiger partial charge in [-0.15, -0.1) is 11.3 Å². The highest BCUT2D eigenvalue weighted by molar-refractivity contribution is 7.18. The van der Waals surface area contributed by atoms with Gasteiger partial charge in [-0.25, -0.2) is 4.79 Å². The van der Waals surface area contributed by atoms with Crippen LogP contribution in [0.25, 0.3) is 0 Å². The smallest absolute Gasteiger partial charge is 0.337 e. The third kappa shape index (κ3) is 4.52. The lowest BCUT2D eigenvalue weighted by molar-refractivity contribution is 0.0600. The molecule has 0 aliphatic carbocycles. The number of hydrogen-bond donors (Lipinski definition) is 2. The number of amides is 2. The first-order chi connectivity index (χ1) is 15.5. The van der Waals surface area contributed by atoms with Gasteiger partial charge in [0.25, 0.3) is 11.8 Å². The largest absolute Gasteiger partial charge is 0.465 e. The van der Waals surface area contributed by atoms with Crippen LogP contribution in [0.5, 0.6) is 0 Å². The van der Waals surface area contributed by atoms with E-state index in [9.17, 15) is 14.4 Å². The van der Waals surface area contributed by atoms with Gasteiger partial charge in [-0.3, -0.25) is 9.59 Å². The monoisotopic (exact) mass is 453 g/mol. The Labute approximate surface area is 189 Å². The first-order valence-corrected chi connectivity index (χ1v) is 11.0. The molecule has 2 N–H and O–H groups in total. The molecule has 4 rings (SSSR count). The number of methoxy groups -OCH3 is 1. The predicted molar refractivity (Wildman–Crippen MR) is 123 cm³/mol. The van der Waals surface area contributed by atoms with Crippen LogP contribution in [0.3, 0.4) is 0 Å². The lowest BCUT2D eigenvalue weighted by atomic mass is 10.1. The SMILES string of the molecule is COC(=O)c1ccc(N2CCCC2)c(NC(=O)c2sc(NC(=O)c3ccco3)cc2C)c1. The van der Waals surface area contributed by atoms with Gasteiger partial charge in [-0.1, -0.05) is 0 Å². The summed E-state index contributed by atoms with van der Waals surface area (Å²) in [5, 5.41) is 6.24. The zero-order valence-electron chi connectivity index (χ0n) is 17.8. The van der Waals surface area contributed by atoms with Crippen LogP contribution in [0.1, 0.15) is 49.0 Å². The van der Waals surface area contributed by atoms with E-state index in [0.717, 1.165) is 37.2 Å². The van der Waals surface area contributed by atoms with Crippen LogP contribution in [0.15, 0.2) is 47.1 Å². The molecule has 1 aromatic carbocycles. The third-order valence-electron chi connectivity index (χ3n) is 5.22. The van der Waals surface area contributed by atoms with E-state index in [4.69, 9.17) is 9.15 Å². The van der Waals surface area contributed by atoms with Crippen molar-refractivity contribution in [1.29, 1.82) is 0 Å². The minimum absolute atomic E-state index is 0.192. The molecule has 9 heteroatoms. The number of furan rings is 1. The number of nitrogens with one attached hydrogen (secondary N) is 2. The number of carbonyl (C=O) groups excluding carboxylic acids is 3. The molecule has 3 heterocycles. The molecular formula is C23H23N3O5S. The summed E-state index contributed by atoms with van der Waals surface area (Å²) in [5.41, 5.74) is 2.51. The summed E-state index contributed by atoms with van der Waals surface area (Å²) in [4.78, 5) is 40.0. The van der Waals surface area contributed by atoms with Gasteiger partial charge in [0.2, 0.25) is 0 Å². The van der Waals surface area contributed by atoms with Crippen LogP contribution in [0, 0.1) is 6.92 Å². The van der Waals surface area contributed by atoms with Crippen LogP contribution in [0.4, 0.5) is 16.4 Å². The molecule has 0 saturated carbocycles. The zero-order valence-corrected chi connectivity index (χ0v) is 18.6. The summed E-state index contributed by atoms with van der Waals surface area (Å²) in [5.74, 6) is -0.973. The first-order valence-electron chi connectivity index (χ1n) is 10.2. The van der Waals surface area contributed by atoms with Gasteiger partial charge in [0, 0.05) is 13.1 Å². The Balaban J connectivity index is 1.57. The lowest BCUT2D eigenvalue weighted by Gasteiger charge is -2.22. The van der Waals surface area contributed by atoms with Crippen molar-refractivity contribution in [2.45, 2.75) is 19.8 Å². The fourth-order valence-electron chi connectivity index (χ4n) is 3.64. The van der Waals surface area contributed by atoms with Crippen LogP contribution in [0.2, 0.25) is 0 Å². The molecule has 0 atom stereocenters. The van der Waals surface area contributed by atoms with E-state index in [1.54, 1.807) is 37.3 Å². The second-order valence-corrected chi connectivity index (χ2v) is 8.48. The van der Waals surface area contributed by atoms with E-state index >= 15 is 0 Å². The quantitative estimate of drug-likeness (QED) is 0.532. The molecule has 1 saturated heterocycles. The number of rotatable bonds is 6. The number of carbonyl (C=O) groups is 3. The summed E-state index contributed by atoms with van der Waals surface area (Å²) in [6, 6.07) is 10.1. The number of anilines is 3. The molecule has 1 fully saturated rings. The molecule has 166 valence electrons. The van der Waals surface area contributed by atoms with Gasteiger partial charge in [0.15, 0.2) is 5.76 Å². The summed E-state index contributed by atoms with van der Waals surface area (Å²) in [6.07, 6.45) is 3.58. The van der Waals surface area contributed by atoms with Crippen molar-refractivity contribution in [2.24, 2.45) is 0 Å². The van der Waals surface area contributed by atoms with E-state index in [0.29, 0.717) is 21.1 Å². The van der Waals surface area contributed by atoms with Crippen LogP contribution >= 0.6 is 11.3 Å². The molecule has 8 nitrogen and oxygen atoms in total. The van der Waals surface area contributed by atoms with E-state index in [1.807, 2.05) is 6.07 Å². The minimum Gasteiger partial charge on any atom is -0.465 e. The predicted octanol–water partition coefficient (Wildman–Crippen LogP) is 4.54. The Hall–Kier alpha value is -3.59. The molecule has 0 radical (unpaired) electrons. The Morgan fingerprint density at radius 1 is 1.06 bits per heavy atom. The van der Waals surface area contributed by atoms with Gasteiger partial charge in [0.1, 0.15) is 0 Å². The maximum atomic E-state index is 13.1. The molecule has 1 aliphatic heterocycles. The van der Waals surface area contributed by atoms with E-state index < -0.39 is 5.97 Å². The van der Waals surface area contributed by atoms with Gasteiger partial charge in [-0.05, 0) is 61.7 Å². The fourth-order valence-corrected chi connectivity index (χ4v) is 4.61. The Morgan fingerprint density at radius 2 is 1.84 bits per heavy atom. The summed E-state index contributed by atoms with van der Waals surface area (Å²) < 4.78 is 9.93. The molecule has 32 heavy (non-hydrogen) atoms. The second-order valence-electron chi connectivity index (χ2n) is 7.43. The first kappa shape index (κ1) is 21.6. The Morgan fingerprint density at radius 3 is 2.53 bits per heavy atom. The molecular weight excluding hydrogens is 430 g/mol. The van der Waals surface area contributed by atoms with Gasteiger partial charge in [0.05, 0.1) is 40.2 Å². The maximum Gasteiger partial charge on any atom is 0.337 e. The standard InChI is InChI=1S/C23H23N3O5S/c1-14-12-19(25-21(27)18-6-5-11-31-18)32-20(14)22(28)24-16-13-15(23(29)30-2)7-8-17(16)26-9-3-4-10-26/h5-8,11-13H,3-4,9-10H2,1-2H3,(H,24,28)(H,25,27). The van der Waals surface area contributed by atoms with Gasteiger partial charge in [-0.2, -0.15) is 0 Å². The number of esters is 1. The number of thiophene rings is 1. The van der Waals surface area contributed by atoms with E-state index in [1.165, 1.54) is 24.7 Å². The number of benzene rings is 1. The van der Waals surface area contributed by atoms with Crippen molar-refractivity contribution < 1.29 is 23.5 Å². The Bertz CT molecular complexity index is 1150. The molecule has 3 aromatic rings. The number of nitrogens with zero attached hydrogens (tertiary/aromatic N) is 1. The van der Waals surface area contributed by atoms with E-state index in [-0.39, 0.29) is 17.6 Å². The van der Waals surface area contributed by atoms with Crippen molar-refractivity contribution in [1.82, 2.24) is 0 Å². The van der Waals surface area contributed by atoms with Crippen molar-refractivity contribution in [3.63, 3.8) is 0 Å². The van der Waals surface area contributed by atoms with Crippen LogP contribution in [-0.4, -0.2) is 38.0 Å². The molecule has 1 aliphatic rings. The van der Waals surface area contributed by atoms with E-state index in [2.05, 4.69) is 15.5 Å². The highest BCUT2D eigenvalue weighted by atomic mass is 32.1. The van der Waals surface area contributed by atoms with Gasteiger partial charge < -0.3 is 24.7 Å². The average Bonchev–Trinajstić information content (AvgIpc) is 3.55. The van der Waals surface area contributed by atoms with Crippen molar-refractivity contribution in [3.05, 3.63) is 64.4 Å². The summed E-state index contributed by atoms with van der Waals surface area (Å²) >= 11 is 1.17. The topological polar surface area (TPSA) is 101 Å². The highest BCUT2D eigenvalue weighted by Crippen LogP contribution is 2.33. The van der Waals surface area contributed by atoms with Crippen molar-refractivity contribution >= 4 is 45.5 Å². The molecule has 0 unspecified atom stereocenters. The lowest BCUT2D eigenvalue weighted by Crippen LogP contribution is -2.21. The average molecular weight is 454 g/mol.